The van der Waals surface area contributed by atoms with Crippen LogP contribution < -0.4 is 9.47 Å². The molecule has 4 aliphatic heterocycles. The molecule has 2 bridgehead atoms. The minimum atomic E-state index is -4.99. The zero-order valence-corrected chi connectivity index (χ0v) is 19.7. The SMILES string of the molecule is C[C@H]1[C@@H](Oc2ccc(CC(=O)O)c(OC(F)(F)F)c2)O[C@@H]2O[C@@]3(C)CC[C@H]4[C@H](C)CC[C@@H]1[C@@]24OO3. The molecule has 8 atom stereocenters. The monoisotopic (exact) mass is 502 g/mol. The van der Waals surface area contributed by atoms with E-state index in [1.807, 2.05) is 6.92 Å². The van der Waals surface area contributed by atoms with E-state index in [2.05, 4.69) is 11.7 Å². The largest absolute Gasteiger partial charge is 0.573 e. The van der Waals surface area contributed by atoms with E-state index in [1.54, 1.807) is 6.92 Å². The number of alkyl halides is 3. The van der Waals surface area contributed by atoms with Gasteiger partial charge < -0.3 is 24.1 Å². The predicted molar refractivity (Wildman–Crippen MR) is 112 cm³/mol. The molecule has 1 aromatic carbocycles. The van der Waals surface area contributed by atoms with Crippen LogP contribution in [-0.4, -0.2) is 41.4 Å². The molecule has 0 aromatic heterocycles. The summed E-state index contributed by atoms with van der Waals surface area (Å²) >= 11 is 0. The molecule has 1 saturated carbocycles. The van der Waals surface area contributed by atoms with Gasteiger partial charge in [-0.1, -0.05) is 19.9 Å². The van der Waals surface area contributed by atoms with Crippen LogP contribution in [-0.2, 0) is 30.5 Å². The predicted octanol–water partition coefficient (Wildman–Crippen LogP) is 4.80. The van der Waals surface area contributed by atoms with Crippen LogP contribution in [0.2, 0.25) is 0 Å². The number of rotatable bonds is 5. The quantitative estimate of drug-likeness (QED) is 0.574. The molecule has 194 valence electrons. The minimum Gasteiger partial charge on any atom is -0.481 e. The number of fused-ring (bicyclic) bond motifs is 2. The number of carboxylic acid groups (broad SMARTS) is 1. The summed E-state index contributed by atoms with van der Waals surface area (Å²) in [7, 11) is 0. The average molecular weight is 502 g/mol. The van der Waals surface area contributed by atoms with E-state index in [-0.39, 0.29) is 29.1 Å². The van der Waals surface area contributed by atoms with Crippen LogP contribution in [0.5, 0.6) is 11.5 Å². The first-order valence-electron chi connectivity index (χ1n) is 11.9. The number of carbonyl (C=O) groups is 1. The van der Waals surface area contributed by atoms with Gasteiger partial charge in [-0.15, -0.1) is 13.2 Å². The summed E-state index contributed by atoms with van der Waals surface area (Å²) in [5, 5.41) is 9.04. The normalized spacial score (nSPS) is 40.5. The minimum absolute atomic E-state index is 0.0210. The van der Waals surface area contributed by atoms with E-state index in [0.29, 0.717) is 12.3 Å². The molecule has 0 unspecified atom stereocenters. The summed E-state index contributed by atoms with van der Waals surface area (Å²) in [6, 6.07) is 3.70. The van der Waals surface area contributed by atoms with Crippen LogP contribution >= 0.6 is 0 Å². The van der Waals surface area contributed by atoms with Crippen LogP contribution in [0.15, 0.2) is 18.2 Å². The van der Waals surface area contributed by atoms with Gasteiger partial charge in [0.2, 0.25) is 12.1 Å². The molecule has 0 amide bonds. The Morgan fingerprint density at radius 1 is 1.17 bits per heavy atom. The highest BCUT2D eigenvalue weighted by Crippen LogP contribution is 2.60. The summed E-state index contributed by atoms with van der Waals surface area (Å²) in [6.45, 7) is 5.96. The van der Waals surface area contributed by atoms with Gasteiger partial charge in [0.05, 0.1) is 6.42 Å². The summed E-state index contributed by atoms with van der Waals surface area (Å²) in [5.74, 6) is -2.47. The molecular formula is C24H29F3O8. The van der Waals surface area contributed by atoms with Crippen molar-refractivity contribution < 1.29 is 51.8 Å². The lowest BCUT2D eigenvalue weighted by molar-refractivity contribution is -0.575. The van der Waals surface area contributed by atoms with Gasteiger partial charge in [0.25, 0.3) is 0 Å². The third-order valence-corrected chi connectivity index (χ3v) is 7.96. The first-order valence-corrected chi connectivity index (χ1v) is 11.9. The summed E-state index contributed by atoms with van der Waals surface area (Å²) in [5.41, 5.74) is -0.909. The smallest absolute Gasteiger partial charge is 0.481 e. The Morgan fingerprint density at radius 2 is 1.94 bits per heavy atom. The number of aliphatic carboxylic acids is 1. The van der Waals surface area contributed by atoms with E-state index in [1.165, 1.54) is 12.1 Å². The van der Waals surface area contributed by atoms with Gasteiger partial charge in [-0.2, -0.15) is 0 Å². The Hall–Kier alpha value is -2.08. The van der Waals surface area contributed by atoms with Gasteiger partial charge in [-0.25, -0.2) is 9.78 Å². The van der Waals surface area contributed by atoms with Crippen molar-refractivity contribution in [1.29, 1.82) is 0 Å². The second-order valence-corrected chi connectivity index (χ2v) is 10.3. The molecule has 0 radical (unpaired) electrons. The van der Waals surface area contributed by atoms with E-state index in [9.17, 15) is 18.0 Å². The number of hydrogen-bond acceptors (Lipinski definition) is 7. The molecule has 1 aromatic rings. The van der Waals surface area contributed by atoms with E-state index in [4.69, 9.17) is 29.1 Å². The average Bonchev–Trinajstić information content (AvgIpc) is 2.98. The van der Waals surface area contributed by atoms with Crippen LogP contribution in [0, 0.1) is 23.7 Å². The van der Waals surface area contributed by atoms with Crippen molar-refractivity contribution in [1.82, 2.24) is 0 Å². The second-order valence-electron chi connectivity index (χ2n) is 10.3. The van der Waals surface area contributed by atoms with Gasteiger partial charge in [-0.05, 0) is 44.1 Å². The lowest BCUT2D eigenvalue weighted by atomic mass is 9.58. The van der Waals surface area contributed by atoms with Crippen molar-refractivity contribution in [3.8, 4) is 11.5 Å². The van der Waals surface area contributed by atoms with Gasteiger partial charge in [0.1, 0.15) is 11.5 Å². The van der Waals surface area contributed by atoms with Crippen LogP contribution in [0.4, 0.5) is 13.2 Å². The van der Waals surface area contributed by atoms with E-state index < -0.39 is 48.5 Å². The number of hydrogen-bond donors (Lipinski definition) is 1. The summed E-state index contributed by atoms with van der Waals surface area (Å²) in [6.07, 6.45) is -3.86. The topological polar surface area (TPSA) is 92.7 Å². The van der Waals surface area contributed by atoms with Crippen molar-refractivity contribution in [2.45, 2.75) is 83.2 Å². The fourth-order valence-corrected chi connectivity index (χ4v) is 6.28. The van der Waals surface area contributed by atoms with Crippen molar-refractivity contribution in [3.05, 3.63) is 23.8 Å². The lowest BCUT2D eigenvalue weighted by Gasteiger charge is -2.60. The Morgan fingerprint density at radius 3 is 2.66 bits per heavy atom. The van der Waals surface area contributed by atoms with Gasteiger partial charge >= 0.3 is 12.3 Å². The third kappa shape index (κ3) is 4.36. The molecule has 35 heavy (non-hydrogen) atoms. The van der Waals surface area contributed by atoms with E-state index in [0.717, 1.165) is 25.3 Å². The van der Waals surface area contributed by atoms with E-state index >= 15 is 0 Å². The summed E-state index contributed by atoms with van der Waals surface area (Å²) in [4.78, 5) is 22.9. The van der Waals surface area contributed by atoms with Gasteiger partial charge in [-0.3, -0.25) is 4.79 Å². The molecule has 6 rings (SSSR count). The molecule has 1 aliphatic carbocycles. The molecule has 5 aliphatic rings. The standard InChI is InChI=1S/C24H29F3O8/c1-12-4-7-17-13(2)20(31-21-23(17)16(12)8-9-22(3,33-21)34-35-23)30-15-6-5-14(10-19(28)29)18(11-15)32-24(25,26)27/h5-6,11-13,16-17,20-21H,4,7-10H2,1-3H3,(H,28,29)/t12-,13-,16+,17+,20+,21-,22-,23-/m1/s1. The maximum absolute atomic E-state index is 13.0. The summed E-state index contributed by atoms with van der Waals surface area (Å²) < 4.78 is 61.5. The van der Waals surface area contributed by atoms with Crippen molar-refractivity contribution in [2.75, 3.05) is 0 Å². The molecular weight excluding hydrogens is 473 g/mol. The molecule has 4 heterocycles. The van der Waals surface area contributed by atoms with Crippen LogP contribution in [0.25, 0.3) is 0 Å². The van der Waals surface area contributed by atoms with Crippen LogP contribution in [0.1, 0.15) is 52.0 Å². The number of benzene rings is 1. The highest BCUT2D eigenvalue weighted by molar-refractivity contribution is 5.71. The molecule has 4 saturated heterocycles. The van der Waals surface area contributed by atoms with Crippen molar-refractivity contribution in [2.24, 2.45) is 23.7 Å². The highest BCUT2D eigenvalue weighted by atomic mass is 19.4. The van der Waals surface area contributed by atoms with Gasteiger partial charge in [0.15, 0.2) is 11.9 Å². The third-order valence-electron chi connectivity index (χ3n) is 7.96. The number of ether oxygens (including phenoxy) is 4. The fourth-order valence-electron chi connectivity index (χ4n) is 6.28. The Labute approximate surface area is 200 Å². The number of halogens is 3. The highest BCUT2D eigenvalue weighted by Gasteiger charge is 2.69. The fraction of sp³-hybridized carbons (Fsp3) is 0.708. The molecule has 8 nitrogen and oxygen atoms in total. The maximum Gasteiger partial charge on any atom is 0.573 e. The number of carboxylic acids is 1. The molecule has 5 fully saturated rings. The van der Waals surface area contributed by atoms with Crippen LogP contribution in [0.3, 0.4) is 0 Å². The maximum atomic E-state index is 13.0. The second kappa shape index (κ2) is 8.50. The Bertz CT molecular complexity index is 986. The zero-order valence-electron chi connectivity index (χ0n) is 19.7. The van der Waals surface area contributed by atoms with Crippen molar-refractivity contribution in [3.63, 3.8) is 0 Å². The Balaban J connectivity index is 1.43. The molecule has 1 spiro atoms. The van der Waals surface area contributed by atoms with Crippen molar-refractivity contribution >= 4 is 5.97 Å². The lowest BCUT2D eigenvalue weighted by Crippen LogP contribution is -2.70. The first kappa shape index (κ1) is 24.6. The Kier molecular flexibility index (Phi) is 5.98. The van der Waals surface area contributed by atoms with Gasteiger partial charge in [0, 0.05) is 29.9 Å². The molecule has 1 N–H and O–H groups in total. The first-order chi connectivity index (χ1) is 16.4. The molecule has 11 heteroatoms. The zero-order chi connectivity index (χ0) is 25.2.